The SMILES string of the molecule is C=C(C)CNc1cccc(O)c1. The first-order chi connectivity index (χ1) is 5.68. The van der Waals surface area contributed by atoms with Crippen LogP contribution in [0.1, 0.15) is 6.92 Å². The molecule has 0 saturated heterocycles. The topological polar surface area (TPSA) is 32.3 Å². The Morgan fingerprint density at radius 2 is 2.33 bits per heavy atom. The van der Waals surface area contributed by atoms with Crippen LogP contribution in [0.2, 0.25) is 0 Å². The lowest BCUT2D eigenvalue weighted by Gasteiger charge is -2.05. The van der Waals surface area contributed by atoms with E-state index in [0.29, 0.717) is 0 Å². The second-order valence-corrected chi connectivity index (χ2v) is 2.86. The maximum Gasteiger partial charge on any atom is 0.117 e. The summed E-state index contributed by atoms with van der Waals surface area (Å²) < 4.78 is 0. The molecule has 0 bridgehead atoms. The molecule has 0 amide bonds. The predicted molar refractivity (Wildman–Crippen MR) is 51.4 cm³/mol. The van der Waals surface area contributed by atoms with Gasteiger partial charge in [-0.3, -0.25) is 0 Å². The molecule has 0 radical (unpaired) electrons. The molecule has 64 valence electrons. The van der Waals surface area contributed by atoms with Crippen molar-refractivity contribution in [3.8, 4) is 5.75 Å². The van der Waals surface area contributed by atoms with Crippen molar-refractivity contribution in [2.75, 3.05) is 11.9 Å². The van der Waals surface area contributed by atoms with Crippen LogP contribution in [0.3, 0.4) is 0 Å². The molecule has 0 spiro atoms. The van der Waals surface area contributed by atoms with Gasteiger partial charge < -0.3 is 10.4 Å². The van der Waals surface area contributed by atoms with Crippen LogP contribution in [0, 0.1) is 0 Å². The van der Waals surface area contributed by atoms with Crippen LogP contribution in [-0.2, 0) is 0 Å². The van der Waals surface area contributed by atoms with Crippen LogP contribution < -0.4 is 5.32 Å². The molecule has 1 aromatic rings. The fourth-order valence-electron chi connectivity index (χ4n) is 0.869. The fraction of sp³-hybridized carbons (Fsp3) is 0.200. The molecule has 0 aromatic heterocycles. The molecule has 2 nitrogen and oxygen atoms in total. The van der Waals surface area contributed by atoms with Crippen molar-refractivity contribution in [1.29, 1.82) is 0 Å². The molecule has 0 aliphatic rings. The lowest BCUT2D eigenvalue weighted by molar-refractivity contribution is 0.475. The van der Waals surface area contributed by atoms with Crippen LogP contribution in [0.25, 0.3) is 0 Å². The number of hydrogen-bond acceptors (Lipinski definition) is 2. The summed E-state index contributed by atoms with van der Waals surface area (Å²) in [6, 6.07) is 7.04. The highest BCUT2D eigenvalue weighted by molar-refractivity contribution is 5.48. The zero-order valence-electron chi connectivity index (χ0n) is 7.17. The third-order valence-corrected chi connectivity index (χ3v) is 1.44. The molecule has 0 saturated carbocycles. The van der Waals surface area contributed by atoms with Gasteiger partial charge in [-0.05, 0) is 19.1 Å². The number of phenols is 1. The Bertz CT molecular complexity index is 281. The number of nitrogens with one attached hydrogen (secondary N) is 1. The quantitative estimate of drug-likeness (QED) is 0.670. The smallest absolute Gasteiger partial charge is 0.117 e. The molecule has 0 unspecified atom stereocenters. The molecular formula is C10H13NO. The van der Waals surface area contributed by atoms with Gasteiger partial charge in [0.2, 0.25) is 0 Å². The lowest BCUT2D eigenvalue weighted by Crippen LogP contribution is -2.00. The van der Waals surface area contributed by atoms with Gasteiger partial charge in [-0.2, -0.15) is 0 Å². The van der Waals surface area contributed by atoms with Crippen LogP contribution in [0.5, 0.6) is 5.75 Å². The zero-order chi connectivity index (χ0) is 8.97. The molecule has 1 aromatic carbocycles. The number of phenolic OH excluding ortho intramolecular Hbond substituents is 1. The number of anilines is 1. The monoisotopic (exact) mass is 163 g/mol. The molecule has 12 heavy (non-hydrogen) atoms. The van der Waals surface area contributed by atoms with Gasteiger partial charge in [0.15, 0.2) is 0 Å². The van der Waals surface area contributed by atoms with E-state index in [1.54, 1.807) is 18.2 Å². The van der Waals surface area contributed by atoms with Crippen molar-refractivity contribution in [3.05, 3.63) is 36.4 Å². The maximum atomic E-state index is 9.12. The third-order valence-electron chi connectivity index (χ3n) is 1.44. The van der Waals surface area contributed by atoms with E-state index in [1.807, 2.05) is 13.0 Å². The first-order valence-electron chi connectivity index (χ1n) is 3.86. The maximum absolute atomic E-state index is 9.12. The Morgan fingerprint density at radius 1 is 1.58 bits per heavy atom. The largest absolute Gasteiger partial charge is 0.508 e. The molecule has 0 aliphatic carbocycles. The molecule has 1 rings (SSSR count). The highest BCUT2D eigenvalue weighted by atomic mass is 16.3. The minimum absolute atomic E-state index is 0.279. The van der Waals surface area contributed by atoms with Crippen molar-refractivity contribution in [1.82, 2.24) is 0 Å². The summed E-state index contributed by atoms with van der Waals surface area (Å²) in [5.41, 5.74) is 1.98. The van der Waals surface area contributed by atoms with Crippen LogP contribution in [0.4, 0.5) is 5.69 Å². The standard InChI is InChI=1S/C10H13NO/c1-8(2)7-11-9-4-3-5-10(12)6-9/h3-6,11-12H,1,7H2,2H3. The van der Waals surface area contributed by atoms with E-state index in [0.717, 1.165) is 17.8 Å². The average Bonchev–Trinajstić information content (AvgIpc) is 2.01. The van der Waals surface area contributed by atoms with E-state index < -0.39 is 0 Å². The molecule has 0 fully saturated rings. The van der Waals surface area contributed by atoms with Crippen molar-refractivity contribution in [2.24, 2.45) is 0 Å². The van der Waals surface area contributed by atoms with E-state index in [1.165, 1.54) is 0 Å². The molecule has 2 heteroatoms. The van der Waals surface area contributed by atoms with E-state index in [-0.39, 0.29) is 5.75 Å². The van der Waals surface area contributed by atoms with Gasteiger partial charge in [0.1, 0.15) is 5.75 Å². The highest BCUT2D eigenvalue weighted by Crippen LogP contribution is 2.15. The second-order valence-electron chi connectivity index (χ2n) is 2.86. The van der Waals surface area contributed by atoms with E-state index in [9.17, 15) is 0 Å². The molecule has 0 atom stereocenters. The second kappa shape index (κ2) is 3.81. The summed E-state index contributed by atoms with van der Waals surface area (Å²) in [5, 5.41) is 12.2. The minimum atomic E-state index is 0.279. The Morgan fingerprint density at radius 3 is 2.92 bits per heavy atom. The molecule has 2 N–H and O–H groups in total. The normalized spacial score (nSPS) is 9.42. The highest BCUT2D eigenvalue weighted by Gasteiger charge is 1.92. The van der Waals surface area contributed by atoms with E-state index >= 15 is 0 Å². The lowest BCUT2D eigenvalue weighted by atomic mass is 10.3. The Kier molecular flexibility index (Phi) is 2.75. The summed E-state index contributed by atoms with van der Waals surface area (Å²) >= 11 is 0. The average molecular weight is 163 g/mol. The molecule has 0 heterocycles. The molecule has 0 aliphatic heterocycles. The van der Waals surface area contributed by atoms with Crippen LogP contribution in [-0.4, -0.2) is 11.7 Å². The summed E-state index contributed by atoms with van der Waals surface area (Å²) in [6.07, 6.45) is 0. The van der Waals surface area contributed by atoms with Gasteiger partial charge >= 0.3 is 0 Å². The number of rotatable bonds is 3. The van der Waals surface area contributed by atoms with Crippen molar-refractivity contribution >= 4 is 5.69 Å². The summed E-state index contributed by atoms with van der Waals surface area (Å²) in [6.45, 7) is 6.46. The number of benzene rings is 1. The van der Waals surface area contributed by atoms with Crippen LogP contribution in [0.15, 0.2) is 36.4 Å². The number of hydrogen-bond donors (Lipinski definition) is 2. The predicted octanol–water partition coefficient (Wildman–Crippen LogP) is 2.38. The summed E-state index contributed by atoms with van der Waals surface area (Å²) in [4.78, 5) is 0. The van der Waals surface area contributed by atoms with Gasteiger partial charge in [0.25, 0.3) is 0 Å². The van der Waals surface area contributed by atoms with Gasteiger partial charge in [0, 0.05) is 18.3 Å². The third kappa shape index (κ3) is 2.66. The zero-order valence-corrected chi connectivity index (χ0v) is 7.17. The minimum Gasteiger partial charge on any atom is -0.508 e. The van der Waals surface area contributed by atoms with Crippen LogP contribution >= 0.6 is 0 Å². The van der Waals surface area contributed by atoms with Gasteiger partial charge in [-0.15, -0.1) is 0 Å². The van der Waals surface area contributed by atoms with Crippen molar-refractivity contribution in [2.45, 2.75) is 6.92 Å². The van der Waals surface area contributed by atoms with Gasteiger partial charge in [0.05, 0.1) is 0 Å². The van der Waals surface area contributed by atoms with E-state index in [2.05, 4.69) is 11.9 Å². The molecular weight excluding hydrogens is 150 g/mol. The fourth-order valence-corrected chi connectivity index (χ4v) is 0.869. The number of aromatic hydroxyl groups is 1. The Labute approximate surface area is 72.5 Å². The van der Waals surface area contributed by atoms with E-state index in [4.69, 9.17) is 5.11 Å². The Balaban J connectivity index is 2.57. The van der Waals surface area contributed by atoms with Crippen molar-refractivity contribution < 1.29 is 5.11 Å². The first kappa shape index (κ1) is 8.65. The first-order valence-corrected chi connectivity index (χ1v) is 3.86. The van der Waals surface area contributed by atoms with Gasteiger partial charge in [-0.1, -0.05) is 18.2 Å². The van der Waals surface area contributed by atoms with Gasteiger partial charge in [-0.25, -0.2) is 0 Å². The van der Waals surface area contributed by atoms with Crippen molar-refractivity contribution in [3.63, 3.8) is 0 Å². The summed E-state index contributed by atoms with van der Waals surface area (Å²) in [7, 11) is 0. The summed E-state index contributed by atoms with van der Waals surface area (Å²) in [5.74, 6) is 0.279. The Hall–Kier alpha value is -1.44.